The van der Waals surface area contributed by atoms with Crippen molar-refractivity contribution in [1.82, 2.24) is 5.32 Å². The fraction of sp³-hybridized carbons (Fsp3) is 1.00. The van der Waals surface area contributed by atoms with E-state index < -0.39 is 0 Å². The molecule has 2 nitrogen and oxygen atoms in total. The number of hydrogen-bond donors (Lipinski definition) is 1. The zero-order valence-electron chi connectivity index (χ0n) is 9.04. The molecule has 1 heterocycles. The van der Waals surface area contributed by atoms with Crippen LogP contribution in [0.25, 0.3) is 0 Å². The number of hydrogen-bond acceptors (Lipinski definition) is 2. The topological polar surface area (TPSA) is 21.3 Å². The van der Waals surface area contributed by atoms with Crippen LogP contribution in [-0.4, -0.2) is 24.8 Å². The van der Waals surface area contributed by atoms with Crippen LogP contribution in [0.1, 0.15) is 39.0 Å². The van der Waals surface area contributed by atoms with E-state index in [0.29, 0.717) is 12.1 Å². The number of rotatable bonds is 3. The molecule has 2 saturated carbocycles. The minimum atomic E-state index is 0.493. The second-order valence-electron chi connectivity index (χ2n) is 5.35. The average Bonchev–Trinajstić information content (AvgIpc) is 2.66. The summed E-state index contributed by atoms with van der Waals surface area (Å²) < 4.78 is 5.71. The van der Waals surface area contributed by atoms with Crippen LogP contribution in [0.2, 0.25) is 0 Å². The summed E-state index contributed by atoms with van der Waals surface area (Å²) in [6, 6.07) is 1.39. The van der Waals surface area contributed by atoms with Crippen molar-refractivity contribution < 1.29 is 4.74 Å². The molecule has 1 N–H and O–H groups in total. The van der Waals surface area contributed by atoms with E-state index in [2.05, 4.69) is 12.2 Å². The van der Waals surface area contributed by atoms with Gasteiger partial charge in [-0.2, -0.15) is 0 Å². The summed E-state index contributed by atoms with van der Waals surface area (Å²) >= 11 is 0. The molecule has 1 aliphatic heterocycles. The Kier molecular flexibility index (Phi) is 2.29. The van der Waals surface area contributed by atoms with Crippen molar-refractivity contribution in [3.63, 3.8) is 0 Å². The fourth-order valence-electron chi connectivity index (χ4n) is 3.35. The van der Waals surface area contributed by atoms with E-state index in [1.807, 2.05) is 0 Å². The van der Waals surface area contributed by atoms with Gasteiger partial charge in [0.25, 0.3) is 0 Å². The lowest BCUT2D eigenvalue weighted by Gasteiger charge is -2.25. The minimum Gasteiger partial charge on any atom is -0.377 e. The van der Waals surface area contributed by atoms with Crippen molar-refractivity contribution in [1.29, 1.82) is 0 Å². The van der Waals surface area contributed by atoms with Gasteiger partial charge in [0.2, 0.25) is 0 Å². The average molecular weight is 195 g/mol. The van der Waals surface area contributed by atoms with Gasteiger partial charge >= 0.3 is 0 Å². The Hall–Kier alpha value is -0.0800. The molecule has 0 radical (unpaired) electrons. The highest BCUT2D eigenvalue weighted by atomic mass is 16.5. The van der Waals surface area contributed by atoms with Crippen LogP contribution >= 0.6 is 0 Å². The monoisotopic (exact) mass is 195 g/mol. The molecule has 0 bridgehead atoms. The van der Waals surface area contributed by atoms with Gasteiger partial charge in [-0.1, -0.05) is 0 Å². The molecule has 80 valence electrons. The van der Waals surface area contributed by atoms with Gasteiger partial charge < -0.3 is 10.1 Å². The molecular formula is C12H21NO. The molecule has 0 aromatic carbocycles. The van der Waals surface area contributed by atoms with E-state index in [1.165, 1.54) is 32.1 Å². The molecule has 5 atom stereocenters. The fourth-order valence-corrected chi connectivity index (χ4v) is 3.35. The van der Waals surface area contributed by atoms with E-state index >= 15 is 0 Å². The van der Waals surface area contributed by atoms with Crippen molar-refractivity contribution in [3.8, 4) is 0 Å². The van der Waals surface area contributed by atoms with E-state index in [9.17, 15) is 0 Å². The lowest BCUT2D eigenvalue weighted by atomic mass is 10.1. The molecule has 0 aromatic heterocycles. The van der Waals surface area contributed by atoms with Crippen LogP contribution in [-0.2, 0) is 4.74 Å². The normalized spacial score (nSPS) is 47.8. The molecule has 2 aliphatic carbocycles. The lowest BCUT2D eigenvalue weighted by Crippen LogP contribution is -2.43. The van der Waals surface area contributed by atoms with Crippen molar-refractivity contribution in [3.05, 3.63) is 0 Å². The summed E-state index contributed by atoms with van der Waals surface area (Å²) in [4.78, 5) is 0. The van der Waals surface area contributed by atoms with Crippen molar-refractivity contribution in [2.75, 3.05) is 6.61 Å². The summed E-state index contributed by atoms with van der Waals surface area (Å²) in [7, 11) is 0. The second kappa shape index (κ2) is 3.49. The summed E-state index contributed by atoms with van der Waals surface area (Å²) in [5, 5.41) is 3.79. The van der Waals surface area contributed by atoms with Crippen LogP contribution in [0, 0.1) is 11.8 Å². The van der Waals surface area contributed by atoms with Gasteiger partial charge in [-0.3, -0.25) is 0 Å². The lowest BCUT2D eigenvalue weighted by molar-refractivity contribution is 0.0789. The quantitative estimate of drug-likeness (QED) is 0.743. The van der Waals surface area contributed by atoms with E-state index in [0.717, 1.165) is 24.5 Å². The molecule has 0 aromatic rings. The highest BCUT2D eigenvalue weighted by Gasteiger charge is 2.48. The van der Waals surface area contributed by atoms with Gasteiger partial charge in [-0.05, 0) is 50.9 Å². The zero-order valence-corrected chi connectivity index (χ0v) is 9.04. The van der Waals surface area contributed by atoms with Gasteiger partial charge in [0.1, 0.15) is 0 Å². The molecule has 1 saturated heterocycles. The third-order valence-corrected chi connectivity index (χ3v) is 4.34. The first-order valence-corrected chi connectivity index (χ1v) is 6.22. The van der Waals surface area contributed by atoms with Gasteiger partial charge in [-0.15, -0.1) is 0 Å². The summed E-state index contributed by atoms with van der Waals surface area (Å²) in [5.41, 5.74) is 0. The maximum atomic E-state index is 5.71. The van der Waals surface area contributed by atoms with Gasteiger partial charge in [0.05, 0.1) is 6.10 Å². The molecule has 2 heteroatoms. The summed E-state index contributed by atoms with van der Waals surface area (Å²) in [6.45, 7) is 3.28. The number of fused-ring (bicyclic) bond motifs is 1. The van der Waals surface area contributed by atoms with Crippen molar-refractivity contribution >= 4 is 0 Å². The second-order valence-corrected chi connectivity index (χ2v) is 5.35. The van der Waals surface area contributed by atoms with E-state index in [4.69, 9.17) is 4.74 Å². The van der Waals surface area contributed by atoms with E-state index in [-0.39, 0.29) is 0 Å². The Morgan fingerprint density at radius 2 is 2.21 bits per heavy atom. The third kappa shape index (κ3) is 1.59. The summed E-state index contributed by atoms with van der Waals surface area (Å²) in [5.74, 6) is 2.11. The smallest absolute Gasteiger partial charge is 0.0726 e. The van der Waals surface area contributed by atoms with Crippen LogP contribution in [0.4, 0.5) is 0 Å². The minimum absolute atomic E-state index is 0.493. The number of nitrogens with one attached hydrogen (secondary N) is 1. The molecule has 3 fully saturated rings. The first-order valence-electron chi connectivity index (χ1n) is 6.22. The maximum Gasteiger partial charge on any atom is 0.0726 e. The van der Waals surface area contributed by atoms with Crippen LogP contribution in [0.15, 0.2) is 0 Å². The molecule has 3 rings (SSSR count). The van der Waals surface area contributed by atoms with Gasteiger partial charge in [0.15, 0.2) is 0 Å². The molecule has 3 aliphatic rings. The SMILES string of the molecule is CC(NC1CC[C@@H]2C[C@H]12)C1CCCO1. The van der Waals surface area contributed by atoms with Crippen LogP contribution in [0.3, 0.4) is 0 Å². The molecule has 3 unspecified atom stereocenters. The predicted octanol–water partition coefficient (Wildman–Crippen LogP) is 1.94. The predicted molar refractivity (Wildman–Crippen MR) is 56.2 cm³/mol. The molecule has 0 spiro atoms. The molecule has 14 heavy (non-hydrogen) atoms. The Morgan fingerprint density at radius 1 is 1.29 bits per heavy atom. The Bertz CT molecular complexity index is 212. The van der Waals surface area contributed by atoms with Crippen molar-refractivity contribution in [2.24, 2.45) is 11.8 Å². The van der Waals surface area contributed by atoms with Crippen LogP contribution in [0.5, 0.6) is 0 Å². The van der Waals surface area contributed by atoms with Gasteiger partial charge in [0, 0.05) is 18.7 Å². The standard InChI is InChI=1S/C12H21NO/c1-8(12-3-2-6-14-12)13-11-5-4-9-7-10(9)11/h8-13H,2-7H2,1H3/t8?,9-,10+,11?,12?/m1/s1. The summed E-state index contributed by atoms with van der Waals surface area (Å²) in [6.07, 6.45) is 7.39. The highest BCUT2D eigenvalue weighted by Crippen LogP contribution is 2.51. The Balaban J connectivity index is 1.50. The van der Waals surface area contributed by atoms with Crippen LogP contribution < -0.4 is 5.32 Å². The van der Waals surface area contributed by atoms with Crippen molar-refractivity contribution in [2.45, 2.75) is 57.2 Å². The third-order valence-electron chi connectivity index (χ3n) is 4.34. The largest absolute Gasteiger partial charge is 0.377 e. The zero-order chi connectivity index (χ0) is 9.54. The first-order chi connectivity index (χ1) is 6.84. The molecular weight excluding hydrogens is 174 g/mol. The highest BCUT2D eigenvalue weighted by molar-refractivity contribution is 5.02. The van der Waals surface area contributed by atoms with Gasteiger partial charge in [-0.25, -0.2) is 0 Å². The first kappa shape index (κ1) is 9.17. The molecule has 0 amide bonds. The number of ether oxygens (including phenoxy) is 1. The Morgan fingerprint density at radius 3 is 2.79 bits per heavy atom. The van der Waals surface area contributed by atoms with E-state index in [1.54, 1.807) is 0 Å². The Labute approximate surface area is 86.4 Å². The maximum absolute atomic E-state index is 5.71.